The Hall–Kier alpha value is -3.48. The Morgan fingerprint density at radius 1 is 1.00 bits per heavy atom. The summed E-state index contributed by atoms with van der Waals surface area (Å²) < 4.78 is 3.71. The predicted octanol–water partition coefficient (Wildman–Crippen LogP) is 3.12. The monoisotopic (exact) mass is 372 g/mol. The second kappa shape index (κ2) is 6.60. The molecule has 4 heterocycles. The van der Waals surface area contributed by atoms with E-state index < -0.39 is 0 Å². The summed E-state index contributed by atoms with van der Waals surface area (Å²) in [5.41, 5.74) is 4.43. The third kappa shape index (κ3) is 2.58. The molecule has 4 aromatic heterocycles. The van der Waals surface area contributed by atoms with E-state index in [0.717, 1.165) is 53.6 Å². The summed E-state index contributed by atoms with van der Waals surface area (Å²) in [5.74, 6) is 0. The number of aryl methyl sites for hydroxylation is 3. The fraction of sp³-hybridized carbons (Fsp3) is 0.238. The van der Waals surface area contributed by atoms with Crippen molar-refractivity contribution in [2.45, 2.75) is 32.7 Å². The van der Waals surface area contributed by atoms with Crippen molar-refractivity contribution >= 4 is 27.6 Å². The first-order chi connectivity index (χ1) is 13.8. The summed E-state index contributed by atoms with van der Waals surface area (Å²) in [5, 5.41) is 10.4. The topological polar surface area (TPSA) is 80.9 Å². The Balaban J connectivity index is 1.67. The van der Waals surface area contributed by atoms with Gasteiger partial charge in [-0.1, -0.05) is 43.7 Å². The van der Waals surface area contributed by atoms with Crippen LogP contribution in [0.4, 0.5) is 0 Å². The highest BCUT2D eigenvalue weighted by molar-refractivity contribution is 6.02. The number of nitrogens with one attached hydrogen (secondary N) is 1. The number of aromatic nitrogens is 6. The highest BCUT2D eigenvalue weighted by Gasteiger charge is 2.16. The molecule has 1 aromatic carbocycles. The fourth-order valence-electron chi connectivity index (χ4n) is 3.76. The fourth-order valence-corrected chi connectivity index (χ4v) is 3.76. The Bertz CT molecular complexity index is 1350. The number of benzene rings is 1. The van der Waals surface area contributed by atoms with Gasteiger partial charge in [-0.05, 0) is 18.4 Å². The molecule has 1 N–H and O–H groups in total. The summed E-state index contributed by atoms with van der Waals surface area (Å²) in [6.07, 6.45) is 7.97. The summed E-state index contributed by atoms with van der Waals surface area (Å²) in [7, 11) is 0. The van der Waals surface area contributed by atoms with Gasteiger partial charge in [0, 0.05) is 18.3 Å². The van der Waals surface area contributed by atoms with Crippen LogP contribution in [-0.2, 0) is 19.4 Å². The highest BCUT2D eigenvalue weighted by atomic mass is 16.1. The molecule has 0 saturated carbocycles. The van der Waals surface area contributed by atoms with Gasteiger partial charge >= 0.3 is 0 Å². The predicted molar refractivity (Wildman–Crippen MR) is 109 cm³/mol. The molecule has 0 radical (unpaired) electrons. The zero-order chi connectivity index (χ0) is 19.1. The van der Waals surface area contributed by atoms with Gasteiger partial charge < -0.3 is 4.98 Å². The summed E-state index contributed by atoms with van der Waals surface area (Å²) in [4.78, 5) is 20.1. The SMILES string of the molecule is CCCc1cnn2c1[nH]c(=O)c1cnc3c(cnn3CCc3ccccc3)c12. The van der Waals surface area contributed by atoms with Gasteiger partial charge in [-0.25, -0.2) is 14.2 Å². The van der Waals surface area contributed by atoms with E-state index in [-0.39, 0.29) is 5.56 Å². The van der Waals surface area contributed by atoms with Crippen molar-refractivity contribution in [2.75, 3.05) is 0 Å². The van der Waals surface area contributed by atoms with E-state index in [0.29, 0.717) is 5.39 Å². The number of fused-ring (bicyclic) bond motifs is 5. The maximum absolute atomic E-state index is 12.6. The normalized spacial score (nSPS) is 11.8. The number of pyridine rings is 1. The number of rotatable bonds is 5. The molecule has 0 unspecified atom stereocenters. The molecule has 5 rings (SSSR count). The first-order valence-electron chi connectivity index (χ1n) is 9.53. The summed E-state index contributed by atoms with van der Waals surface area (Å²) in [6, 6.07) is 10.3. The van der Waals surface area contributed by atoms with E-state index in [2.05, 4.69) is 39.2 Å². The minimum Gasteiger partial charge on any atom is -0.306 e. The van der Waals surface area contributed by atoms with Gasteiger partial charge in [0.05, 0.1) is 28.7 Å². The molecule has 5 aromatic rings. The van der Waals surface area contributed by atoms with Crippen LogP contribution < -0.4 is 5.56 Å². The third-order valence-corrected chi connectivity index (χ3v) is 5.15. The summed E-state index contributed by atoms with van der Waals surface area (Å²) >= 11 is 0. The molecule has 0 amide bonds. The molecule has 0 aliphatic rings. The van der Waals surface area contributed by atoms with Gasteiger partial charge in [0.25, 0.3) is 5.56 Å². The molecular weight excluding hydrogens is 352 g/mol. The van der Waals surface area contributed by atoms with E-state index in [1.54, 1.807) is 12.4 Å². The van der Waals surface area contributed by atoms with Gasteiger partial charge in [0.2, 0.25) is 0 Å². The van der Waals surface area contributed by atoms with Crippen LogP contribution in [0.15, 0.2) is 53.7 Å². The van der Waals surface area contributed by atoms with Gasteiger partial charge in [0.15, 0.2) is 5.65 Å². The van der Waals surface area contributed by atoms with Crippen molar-refractivity contribution in [1.82, 2.24) is 29.4 Å². The average molecular weight is 372 g/mol. The lowest BCUT2D eigenvalue weighted by Gasteiger charge is -2.06. The van der Waals surface area contributed by atoms with E-state index >= 15 is 0 Å². The second-order valence-electron chi connectivity index (χ2n) is 7.00. The van der Waals surface area contributed by atoms with Crippen molar-refractivity contribution in [3.8, 4) is 0 Å². The first kappa shape index (κ1) is 16.7. The van der Waals surface area contributed by atoms with E-state index in [1.807, 2.05) is 33.6 Å². The van der Waals surface area contributed by atoms with Crippen molar-refractivity contribution in [3.05, 3.63) is 70.4 Å². The van der Waals surface area contributed by atoms with Crippen LogP contribution in [-0.4, -0.2) is 29.4 Å². The van der Waals surface area contributed by atoms with E-state index in [4.69, 9.17) is 0 Å². The molecule has 0 atom stereocenters. The molecule has 140 valence electrons. The molecule has 0 fully saturated rings. The number of aromatic amines is 1. The molecular formula is C21H20N6O. The van der Waals surface area contributed by atoms with Crippen LogP contribution in [0.25, 0.3) is 27.6 Å². The Morgan fingerprint density at radius 3 is 2.68 bits per heavy atom. The standard InChI is InChI=1S/C21H20N6O/c1-2-6-15-11-24-27-18-16-13-23-26(10-9-14-7-4-3-5-8-14)20(16)22-12-17(18)21(28)25-19(15)27/h3-5,7-8,11-13H,2,6,9-10H2,1H3,(H,25,28). The van der Waals surface area contributed by atoms with Gasteiger partial charge in [-0.3, -0.25) is 4.79 Å². The van der Waals surface area contributed by atoms with Crippen LogP contribution >= 0.6 is 0 Å². The molecule has 7 nitrogen and oxygen atoms in total. The van der Waals surface area contributed by atoms with Gasteiger partial charge in [-0.15, -0.1) is 0 Å². The molecule has 7 heteroatoms. The molecule has 0 bridgehead atoms. The van der Waals surface area contributed by atoms with Crippen LogP contribution in [0.5, 0.6) is 0 Å². The zero-order valence-electron chi connectivity index (χ0n) is 15.6. The van der Waals surface area contributed by atoms with Crippen LogP contribution in [0, 0.1) is 0 Å². The Morgan fingerprint density at radius 2 is 1.86 bits per heavy atom. The molecule has 0 spiro atoms. The average Bonchev–Trinajstić information content (AvgIpc) is 3.32. The minimum absolute atomic E-state index is 0.146. The highest BCUT2D eigenvalue weighted by Crippen LogP contribution is 2.23. The minimum atomic E-state index is -0.146. The lowest BCUT2D eigenvalue weighted by molar-refractivity contribution is 0.630. The summed E-state index contributed by atoms with van der Waals surface area (Å²) in [6.45, 7) is 2.83. The number of hydrogen-bond acceptors (Lipinski definition) is 4. The maximum Gasteiger partial charge on any atom is 0.260 e. The molecule has 28 heavy (non-hydrogen) atoms. The molecule has 0 saturated heterocycles. The first-order valence-corrected chi connectivity index (χ1v) is 9.53. The quantitative estimate of drug-likeness (QED) is 0.514. The zero-order valence-corrected chi connectivity index (χ0v) is 15.6. The van der Waals surface area contributed by atoms with Crippen molar-refractivity contribution < 1.29 is 0 Å². The van der Waals surface area contributed by atoms with Gasteiger partial charge in [0.1, 0.15) is 5.65 Å². The lowest BCUT2D eigenvalue weighted by atomic mass is 10.1. The van der Waals surface area contributed by atoms with Crippen molar-refractivity contribution in [3.63, 3.8) is 0 Å². The maximum atomic E-state index is 12.6. The Kier molecular flexibility index (Phi) is 3.93. The third-order valence-electron chi connectivity index (χ3n) is 5.15. The molecule has 0 aliphatic heterocycles. The van der Waals surface area contributed by atoms with Crippen LogP contribution in [0.1, 0.15) is 24.5 Å². The second-order valence-corrected chi connectivity index (χ2v) is 7.00. The largest absolute Gasteiger partial charge is 0.306 e. The lowest BCUT2D eigenvalue weighted by Crippen LogP contribution is -2.12. The van der Waals surface area contributed by atoms with E-state index in [9.17, 15) is 4.79 Å². The number of nitrogens with zero attached hydrogens (tertiary/aromatic N) is 5. The van der Waals surface area contributed by atoms with Crippen LogP contribution in [0.2, 0.25) is 0 Å². The van der Waals surface area contributed by atoms with Crippen molar-refractivity contribution in [1.29, 1.82) is 0 Å². The smallest absolute Gasteiger partial charge is 0.260 e. The van der Waals surface area contributed by atoms with Gasteiger partial charge in [-0.2, -0.15) is 10.2 Å². The Labute approximate surface area is 160 Å². The molecule has 0 aliphatic carbocycles. The van der Waals surface area contributed by atoms with Crippen molar-refractivity contribution in [2.24, 2.45) is 0 Å². The van der Waals surface area contributed by atoms with Crippen LogP contribution in [0.3, 0.4) is 0 Å². The number of H-pyrrole nitrogens is 1. The van der Waals surface area contributed by atoms with E-state index in [1.165, 1.54) is 5.56 Å². The number of hydrogen-bond donors (Lipinski definition) is 1.